The van der Waals surface area contributed by atoms with Crippen LogP contribution in [0.3, 0.4) is 0 Å². The lowest BCUT2D eigenvalue weighted by atomic mass is 10.1. The molecule has 3 nitrogen and oxygen atoms in total. The summed E-state index contributed by atoms with van der Waals surface area (Å²) in [4.78, 5) is 5.38. The van der Waals surface area contributed by atoms with E-state index in [-0.39, 0.29) is 12.1 Å². The molecule has 0 bridgehead atoms. The van der Waals surface area contributed by atoms with E-state index in [1.54, 1.807) is 26.1 Å². The molecule has 0 fully saturated rings. The SMILES string of the molecule is CCCNC(C)c1ccnc(N(CC(F)(F)F)C(C)C)c1. The summed E-state index contributed by atoms with van der Waals surface area (Å²) in [5.74, 6) is 0.366. The normalized spacial score (nSPS) is 13.5. The summed E-state index contributed by atoms with van der Waals surface area (Å²) in [6.07, 6.45) is -1.66. The van der Waals surface area contributed by atoms with Crippen molar-refractivity contribution in [2.24, 2.45) is 0 Å². The van der Waals surface area contributed by atoms with Crippen LogP contribution in [0.25, 0.3) is 0 Å². The molecule has 0 saturated heterocycles. The van der Waals surface area contributed by atoms with Crippen LogP contribution < -0.4 is 10.2 Å². The number of aromatic nitrogens is 1. The molecule has 0 saturated carbocycles. The minimum absolute atomic E-state index is 0.0894. The first-order valence-electron chi connectivity index (χ1n) is 7.27. The molecule has 1 aromatic rings. The molecule has 1 unspecified atom stereocenters. The summed E-state index contributed by atoms with van der Waals surface area (Å²) in [7, 11) is 0. The predicted molar refractivity (Wildman–Crippen MR) is 79.5 cm³/mol. The minimum atomic E-state index is -4.24. The smallest absolute Gasteiger partial charge is 0.345 e. The third kappa shape index (κ3) is 5.91. The second-order valence-corrected chi connectivity index (χ2v) is 5.46. The molecule has 0 spiro atoms. The molecule has 1 N–H and O–H groups in total. The Morgan fingerprint density at radius 3 is 2.48 bits per heavy atom. The van der Waals surface area contributed by atoms with E-state index in [0.29, 0.717) is 5.82 Å². The van der Waals surface area contributed by atoms with E-state index < -0.39 is 12.7 Å². The van der Waals surface area contributed by atoms with Gasteiger partial charge < -0.3 is 10.2 Å². The standard InChI is InChI=1S/C15H24F3N3/c1-5-7-19-12(4)13-6-8-20-14(9-13)21(11(2)3)10-15(16,17)18/h6,8-9,11-12,19H,5,7,10H2,1-4H3. The second-order valence-electron chi connectivity index (χ2n) is 5.46. The number of hydrogen-bond acceptors (Lipinski definition) is 3. The number of halogens is 3. The van der Waals surface area contributed by atoms with Gasteiger partial charge in [0.25, 0.3) is 0 Å². The first kappa shape index (κ1) is 17.8. The van der Waals surface area contributed by atoms with Gasteiger partial charge in [0.1, 0.15) is 12.4 Å². The number of anilines is 1. The maximum absolute atomic E-state index is 12.7. The first-order valence-corrected chi connectivity index (χ1v) is 7.27. The summed E-state index contributed by atoms with van der Waals surface area (Å²) in [5.41, 5.74) is 0.946. The van der Waals surface area contributed by atoms with Gasteiger partial charge in [0.2, 0.25) is 0 Å². The number of nitrogens with zero attached hydrogens (tertiary/aromatic N) is 2. The molecule has 0 aliphatic rings. The summed E-state index contributed by atoms with van der Waals surface area (Å²) in [5, 5.41) is 3.32. The van der Waals surface area contributed by atoms with Gasteiger partial charge in [0.05, 0.1) is 0 Å². The Labute approximate surface area is 124 Å². The number of hydrogen-bond donors (Lipinski definition) is 1. The van der Waals surface area contributed by atoms with Gasteiger partial charge in [-0.2, -0.15) is 13.2 Å². The van der Waals surface area contributed by atoms with Gasteiger partial charge >= 0.3 is 6.18 Å². The fraction of sp³-hybridized carbons (Fsp3) is 0.667. The molecule has 120 valence electrons. The maximum atomic E-state index is 12.7. The maximum Gasteiger partial charge on any atom is 0.405 e. The Morgan fingerprint density at radius 1 is 1.29 bits per heavy atom. The largest absolute Gasteiger partial charge is 0.405 e. The van der Waals surface area contributed by atoms with Crippen molar-refractivity contribution in [1.82, 2.24) is 10.3 Å². The van der Waals surface area contributed by atoms with Gasteiger partial charge in [-0.3, -0.25) is 0 Å². The highest BCUT2D eigenvalue weighted by atomic mass is 19.4. The molecule has 1 heterocycles. The molecule has 0 amide bonds. The Kier molecular flexibility index (Phi) is 6.45. The minimum Gasteiger partial charge on any atom is -0.345 e. The van der Waals surface area contributed by atoms with Crippen LogP contribution in [0.5, 0.6) is 0 Å². The Hall–Kier alpha value is -1.30. The van der Waals surface area contributed by atoms with Crippen molar-refractivity contribution in [3.05, 3.63) is 23.9 Å². The van der Waals surface area contributed by atoms with Crippen LogP contribution in [-0.2, 0) is 0 Å². The molecule has 0 aromatic carbocycles. The van der Waals surface area contributed by atoms with E-state index in [1.165, 1.54) is 4.90 Å². The molecule has 6 heteroatoms. The number of alkyl halides is 3. The lowest BCUT2D eigenvalue weighted by Gasteiger charge is -2.29. The van der Waals surface area contributed by atoms with Gasteiger partial charge in [-0.05, 0) is 51.4 Å². The number of nitrogens with one attached hydrogen (secondary N) is 1. The summed E-state index contributed by atoms with van der Waals surface area (Å²) in [6.45, 7) is 7.42. The van der Waals surface area contributed by atoms with Crippen LogP contribution in [0.1, 0.15) is 45.7 Å². The first-order chi connectivity index (χ1) is 9.74. The highest BCUT2D eigenvalue weighted by molar-refractivity contribution is 5.43. The zero-order chi connectivity index (χ0) is 16.0. The van der Waals surface area contributed by atoms with Gasteiger partial charge in [0, 0.05) is 18.3 Å². The third-order valence-corrected chi connectivity index (χ3v) is 3.24. The Balaban J connectivity index is 2.94. The topological polar surface area (TPSA) is 28.2 Å². The molecule has 0 aliphatic heterocycles. The fourth-order valence-electron chi connectivity index (χ4n) is 2.06. The van der Waals surface area contributed by atoms with Crippen molar-refractivity contribution >= 4 is 5.82 Å². The zero-order valence-electron chi connectivity index (χ0n) is 13.0. The third-order valence-electron chi connectivity index (χ3n) is 3.24. The van der Waals surface area contributed by atoms with Gasteiger partial charge in [-0.15, -0.1) is 0 Å². The van der Waals surface area contributed by atoms with Crippen LogP contribution in [0.4, 0.5) is 19.0 Å². The van der Waals surface area contributed by atoms with Crippen molar-refractivity contribution < 1.29 is 13.2 Å². The monoisotopic (exact) mass is 303 g/mol. The molecule has 1 aromatic heterocycles. The van der Waals surface area contributed by atoms with Crippen molar-refractivity contribution in [2.45, 2.75) is 52.4 Å². The van der Waals surface area contributed by atoms with Crippen LogP contribution >= 0.6 is 0 Å². The predicted octanol–water partition coefficient (Wildman–Crippen LogP) is 3.92. The van der Waals surface area contributed by atoms with Crippen LogP contribution in [0, 0.1) is 0 Å². The highest BCUT2D eigenvalue weighted by Crippen LogP contribution is 2.24. The Morgan fingerprint density at radius 2 is 1.95 bits per heavy atom. The van der Waals surface area contributed by atoms with E-state index >= 15 is 0 Å². The van der Waals surface area contributed by atoms with Crippen LogP contribution in [0.2, 0.25) is 0 Å². The van der Waals surface area contributed by atoms with Gasteiger partial charge in [-0.1, -0.05) is 6.92 Å². The zero-order valence-corrected chi connectivity index (χ0v) is 13.0. The quantitative estimate of drug-likeness (QED) is 0.827. The molecule has 1 atom stereocenters. The van der Waals surface area contributed by atoms with E-state index in [0.717, 1.165) is 18.5 Å². The van der Waals surface area contributed by atoms with E-state index in [1.807, 2.05) is 13.0 Å². The molecular weight excluding hydrogens is 279 g/mol. The summed E-state index contributed by atoms with van der Waals surface area (Å²) in [6, 6.07) is 3.39. The summed E-state index contributed by atoms with van der Waals surface area (Å²) >= 11 is 0. The lowest BCUT2D eigenvalue weighted by Crippen LogP contribution is -2.39. The average Bonchev–Trinajstić information content (AvgIpc) is 2.41. The van der Waals surface area contributed by atoms with Crippen molar-refractivity contribution in [3.8, 4) is 0 Å². The second kappa shape index (κ2) is 7.64. The average molecular weight is 303 g/mol. The highest BCUT2D eigenvalue weighted by Gasteiger charge is 2.32. The van der Waals surface area contributed by atoms with Gasteiger partial charge in [-0.25, -0.2) is 4.98 Å². The molecule has 0 radical (unpaired) electrons. The van der Waals surface area contributed by atoms with E-state index in [2.05, 4.69) is 17.2 Å². The lowest BCUT2D eigenvalue weighted by molar-refractivity contribution is -0.120. The number of rotatable bonds is 7. The van der Waals surface area contributed by atoms with Crippen molar-refractivity contribution in [2.75, 3.05) is 18.0 Å². The van der Waals surface area contributed by atoms with E-state index in [9.17, 15) is 13.2 Å². The fourth-order valence-corrected chi connectivity index (χ4v) is 2.06. The van der Waals surface area contributed by atoms with Crippen molar-refractivity contribution in [3.63, 3.8) is 0 Å². The van der Waals surface area contributed by atoms with E-state index in [4.69, 9.17) is 0 Å². The molecule has 21 heavy (non-hydrogen) atoms. The molecule has 0 aliphatic carbocycles. The summed E-state index contributed by atoms with van der Waals surface area (Å²) < 4.78 is 38.1. The Bertz CT molecular complexity index is 432. The van der Waals surface area contributed by atoms with Crippen LogP contribution in [0.15, 0.2) is 18.3 Å². The molecular formula is C15H24F3N3. The van der Waals surface area contributed by atoms with Gasteiger partial charge in [0.15, 0.2) is 0 Å². The number of pyridine rings is 1. The molecule has 1 rings (SSSR count). The van der Waals surface area contributed by atoms with Crippen LogP contribution in [-0.4, -0.2) is 30.3 Å². The van der Waals surface area contributed by atoms with Crippen molar-refractivity contribution in [1.29, 1.82) is 0 Å².